The number of allylic oxidation sites excluding steroid dienone is 4. The van der Waals surface area contributed by atoms with Crippen molar-refractivity contribution < 1.29 is 24.6 Å². The first-order chi connectivity index (χ1) is 14.6. The van der Waals surface area contributed by atoms with Crippen molar-refractivity contribution in [1.82, 2.24) is 10.6 Å². The van der Waals surface area contributed by atoms with Gasteiger partial charge in [0.2, 0.25) is 11.8 Å². The fraction of sp³-hybridized carbons (Fsp3) is 0.560. The zero-order valence-corrected chi connectivity index (χ0v) is 20.7. The van der Waals surface area contributed by atoms with Crippen LogP contribution in [0.5, 0.6) is 0 Å². The Morgan fingerprint density at radius 1 is 0.750 bits per heavy atom. The lowest BCUT2D eigenvalue weighted by molar-refractivity contribution is -0.136. The number of hydrogen-bond acceptors (Lipinski definition) is 5. The van der Waals surface area contributed by atoms with E-state index in [4.69, 9.17) is 0 Å². The van der Waals surface area contributed by atoms with Gasteiger partial charge in [0.05, 0.1) is 12.2 Å². The third-order valence-corrected chi connectivity index (χ3v) is 4.63. The van der Waals surface area contributed by atoms with Crippen LogP contribution < -0.4 is 10.6 Å². The number of amides is 2. The minimum absolute atomic E-state index is 0.0880. The molecule has 0 saturated carbocycles. The molecule has 0 heterocycles. The summed E-state index contributed by atoms with van der Waals surface area (Å²) in [6, 6.07) is 0. The Balaban J connectivity index is 4.94. The van der Waals surface area contributed by atoms with Crippen LogP contribution in [-0.2, 0) is 14.4 Å². The molecule has 0 spiro atoms. The first-order valence-electron chi connectivity index (χ1n) is 10.8. The first kappa shape index (κ1) is 29.5. The van der Waals surface area contributed by atoms with E-state index in [2.05, 4.69) is 10.6 Å². The summed E-state index contributed by atoms with van der Waals surface area (Å²) in [5.74, 6) is -0.735. The largest absolute Gasteiger partial charge is 0.389 e. The molecule has 0 unspecified atom stereocenters. The number of carbonyl (C=O) groups excluding carboxylic acids is 3. The summed E-state index contributed by atoms with van der Waals surface area (Å²) < 4.78 is 0. The van der Waals surface area contributed by atoms with Crippen LogP contribution in [0.4, 0.5) is 0 Å². The van der Waals surface area contributed by atoms with Gasteiger partial charge in [-0.25, -0.2) is 0 Å². The van der Waals surface area contributed by atoms with Gasteiger partial charge in [-0.15, -0.1) is 0 Å². The molecule has 0 aromatic rings. The predicted octanol–water partition coefficient (Wildman–Crippen LogP) is 2.61. The maximum Gasteiger partial charge on any atom is 0.244 e. The van der Waals surface area contributed by atoms with E-state index in [-0.39, 0.29) is 30.7 Å². The maximum atomic E-state index is 13.1. The molecule has 7 heteroatoms. The second-order valence-corrected chi connectivity index (χ2v) is 9.51. The number of nitrogens with one attached hydrogen (secondary N) is 2. The molecule has 0 radical (unpaired) electrons. The number of carbonyl (C=O) groups is 3. The molecule has 0 aromatic carbocycles. The van der Waals surface area contributed by atoms with Gasteiger partial charge in [-0.3, -0.25) is 14.4 Å². The van der Waals surface area contributed by atoms with E-state index in [1.54, 1.807) is 79.7 Å². The van der Waals surface area contributed by atoms with Crippen molar-refractivity contribution in [3.05, 3.63) is 47.6 Å². The van der Waals surface area contributed by atoms with Gasteiger partial charge in [0, 0.05) is 36.1 Å². The van der Waals surface area contributed by atoms with Crippen molar-refractivity contribution in [1.29, 1.82) is 0 Å². The molecule has 2 atom stereocenters. The Labute approximate surface area is 192 Å². The van der Waals surface area contributed by atoms with Gasteiger partial charge in [-0.05, 0) is 38.8 Å². The van der Waals surface area contributed by atoms with Crippen molar-refractivity contribution >= 4 is 17.6 Å². The van der Waals surface area contributed by atoms with Crippen molar-refractivity contribution in [2.45, 2.75) is 67.6 Å². The fourth-order valence-electron chi connectivity index (χ4n) is 2.89. The number of aliphatic hydroxyl groups is 2. The van der Waals surface area contributed by atoms with E-state index in [1.165, 1.54) is 12.2 Å². The van der Waals surface area contributed by atoms with E-state index in [0.717, 1.165) is 0 Å². The lowest BCUT2D eigenvalue weighted by Gasteiger charge is -2.33. The molecular formula is C25H40N2O5. The highest BCUT2D eigenvalue weighted by Gasteiger charge is 2.39. The van der Waals surface area contributed by atoms with E-state index < -0.39 is 23.0 Å². The highest BCUT2D eigenvalue weighted by molar-refractivity contribution is 5.93. The summed E-state index contributed by atoms with van der Waals surface area (Å²) in [5, 5.41) is 24.0. The number of aliphatic hydroxyl groups excluding tert-OH is 2. The molecule has 0 aromatic heterocycles. The topological polar surface area (TPSA) is 116 Å². The fourth-order valence-corrected chi connectivity index (χ4v) is 2.89. The molecule has 2 amide bonds. The van der Waals surface area contributed by atoms with Crippen LogP contribution >= 0.6 is 0 Å². The van der Waals surface area contributed by atoms with E-state index in [1.807, 2.05) is 0 Å². The number of hydrogen-bond donors (Lipinski definition) is 4. The van der Waals surface area contributed by atoms with Crippen LogP contribution in [0.15, 0.2) is 47.6 Å². The summed E-state index contributed by atoms with van der Waals surface area (Å²) in [5.41, 5.74) is -0.316. The number of ketones is 1. The van der Waals surface area contributed by atoms with Crippen LogP contribution in [0.25, 0.3) is 0 Å². The van der Waals surface area contributed by atoms with Gasteiger partial charge >= 0.3 is 0 Å². The number of rotatable bonds is 12. The second kappa shape index (κ2) is 13.1. The molecular weight excluding hydrogens is 408 g/mol. The Bertz CT molecular complexity index is 720. The molecule has 0 fully saturated rings. The van der Waals surface area contributed by atoms with E-state index in [0.29, 0.717) is 11.1 Å². The second-order valence-electron chi connectivity index (χ2n) is 9.51. The standard InChI is InChI=1S/C25H40N2O5/c1-17(9-11-19(3)28)13-21(30)26-15-24(5,6)23(32)25(7,8)16-27-22(31)14-18(2)10-12-20(4)29/h9-14,19-20,28-29H,15-16H2,1-8H3,(H,26,30)(H,27,31)/b11-9+,12-10+,17-13+,18-14+/t19-,20-/m1/s1. The third kappa shape index (κ3) is 12.4. The summed E-state index contributed by atoms with van der Waals surface area (Å²) in [7, 11) is 0. The lowest BCUT2D eigenvalue weighted by Crippen LogP contribution is -2.48. The molecule has 0 saturated heterocycles. The first-order valence-corrected chi connectivity index (χ1v) is 10.8. The van der Waals surface area contributed by atoms with Crippen LogP contribution in [0.3, 0.4) is 0 Å². The van der Waals surface area contributed by atoms with Crippen molar-refractivity contribution in [3.63, 3.8) is 0 Å². The van der Waals surface area contributed by atoms with Gasteiger partial charge in [0.1, 0.15) is 5.78 Å². The monoisotopic (exact) mass is 448 g/mol. The highest BCUT2D eigenvalue weighted by Crippen LogP contribution is 2.28. The van der Waals surface area contributed by atoms with Crippen molar-refractivity contribution in [2.75, 3.05) is 13.1 Å². The summed E-state index contributed by atoms with van der Waals surface area (Å²) >= 11 is 0. The minimum atomic E-state index is -0.840. The van der Waals surface area contributed by atoms with Gasteiger partial charge in [0.25, 0.3) is 0 Å². The number of Topliss-reactive ketones (excluding diaryl/α,β-unsaturated/α-hetero) is 1. The Morgan fingerprint density at radius 2 is 1.06 bits per heavy atom. The Kier molecular flexibility index (Phi) is 12.1. The lowest BCUT2D eigenvalue weighted by atomic mass is 9.73. The predicted molar refractivity (Wildman–Crippen MR) is 128 cm³/mol. The molecule has 0 aliphatic rings. The maximum absolute atomic E-state index is 13.1. The normalized spacial score (nSPS) is 15.7. The van der Waals surface area contributed by atoms with Gasteiger partial charge in [-0.1, -0.05) is 52.0 Å². The van der Waals surface area contributed by atoms with E-state index >= 15 is 0 Å². The Morgan fingerprint density at radius 3 is 1.34 bits per heavy atom. The summed E-state index contributed by atoms with van der Waals surface area (Å²) in [6.45, 7) is 14.1. The van der Waals surface area contributed by atoms with Gasteiger partial charge < -0.3 is 20.8 Å². The molecule has 7 nitrogen and oxygen atoms in total. The van der Waals surface area contributed by atoms with Crippen LogP contribution in [0.2, 0.25) is 0 Å². The third-order valence-electron chi connectivity index (χ3n) is 4.63. The van der Waals surface area contributed by atoms with E-state index in [9.17, 15) is 24.6 Å². The molecule has 180 valence electrons. The Hall–Kier alpha value is -2.51. The molecule has 0 bridgehead atoms. The van der Waals surface area contributed by atoms with Crippen LogP contribution in [0.1, 0.15) is 55.4 Å². The van der Waals surface area contributed by atoms with Crippen LogP contribution in [0, 0.1) is 10.8 Å². The molecule has 0 aliphatic heterocycles. The zero-order valence-electron chi connectivity index (χ0n) is 20.7. The summed E-state index contributed by atoms with van der Waals surface area (Å²) in [6.07, 6.45) is 8.08. The average Bonchev–Trinajstić information content (AvgIpc) is 2.67. The molecule has 4 N–H and O–H groups in total. The average molecular weight is 449 g/mol. The molecule has 0 rings (SSSR count). The van der Waals surface area contributed by atoms with Gasteiger partial charge in [0.15, 0.2) is 0 Å². The molecule has 0 aliphatic carbocycles. The molecule has 32 heavy (non-hydrogen) atoms. The quantitative estimate of drug-likeness (QED) is 0.271. The summed E-state index contributed by atoms with van der Waals surface area (Å²) in [4.78, 5) is 37.4. The zero-order chi connectivity index (χ0) is 25.1. The smallest absolute Gasteiger partial charge is 0.244 e. The van der Waals surface area contributed by atoms with Crippen molar-refractivity contribution in [3.8, 4) is 0 Å². The highest BCUT2D eigenvalue weighted by atomic mass is 16.3. The minimum Gasteiger partial charge on any atom is -0.389 e. The van der Waals surface area contributed by atoms with Crippen molar-refractivity contribution in [2.24, 2.45) is 10.8 Å². The van der Waals surface area contributed by atoms with Crippen LogP contribution in [-0.4, -0.2) is 53.1 Å². The van der Waals surface area contributed by atoms with Gasteiger partial charge in [-0.2, -0.15) is 0 Å². The SMILES string of the molecule is CC(/C=C/[C@@H](C)O)=C\C(=O)NCC(C)(C)C(=O)C(C)(C)CNC(=O)/C=C(C)/C=C/[C@@H](C)O.